The topological polar surface area (TPSA) is 39.4 Å². The van der Waals surface area contributed by atoms with E-state index in [0.29, 0.717) is 11.5 Å². The van der Waals surface area contributed by atoms with E-state index in [1.54, 1.807) is 24.5 Å². The van der Waals surface area contributed by atoms with E-state index in [-0.39, 0.29) is 0 Å². The fraction of sp³-hybridized carbons (Fsp3) is 0.133. The largest absolute Gasteiger partial charge is 0.465 e. The zero-order valence-electron chi connectivity index (χ0n) is 10.3. The Kier molecular flexibility index (Phi) is 3.63. The molecule has 92 valence electrons. The van der Waals surface area contributed by atoms with E-state index < -0.39 is 5.97 Å². The summed E-state index contributed by atoms with van der Waals surface area (Å²) in [6, 6.07) is 9.27. The highest BCUT2D eigenvalue weighted by atomic mass is 16.5. The summed E-state index contributed by atoms with van der Waals surface area (Å²) in [5, 5.41) is 0. The number of hydrogen-bond acceptors (Lipinski definition) is 3. The first-order valence-electron chi connectivity index (χ1n) is 5.66. The standard InChI is InChI=1S/C15H14O3/c1-11-5-6-12(2)14(10-11)18-15(16)8-7-13-4-3-9-17-13/h3-10H,1-2H3/b8-7+. The summed E-state index contributed by atoms with van der Waals surface area (Å²) < 4.78 is 10.3. The quantitative estimate of drug-likeness (QED) is 0.469. The molecule has 1 heterocycles. The monoisotopic (exact) mass is 242 g/mol. The van der Waals surface area contributed by atoms with Crippen molar-refractivity contribution in [1.82, 2.24) is 0 Å². The Labute approximate surface area is 106 Å². The van der Waals surface area contributed by atoms with Gasteiger partial charge in [0.1, 0.15) is 11.5 Å². The lowest BCUT2D eigenvalue weighted by molar-refractivity contribution is -0.128. The third kappa shape index (κ3) is 3.10. The van der Waals surface area contributed by atoms with Crippen LogP contribution in [0, 0.1) is 13.8 Å². The molecule has 0 saturated heterocycles. The number of carbonyl (C=O) groups is 1. The van der Waals surface area contributed by atoms with Crippen LogP contribution in [0.3, 0.4) is 0 Å². The first-order chi connectivity index (χ1) is 8.65. The molecule has 0 fully saturated rings. The van der Waals surface area contributed by atoms with Crippen molar-refractivity contribution in [3.63, 3.8) is 0 Å². The van der Waals surface area contributed by atoms with Crippen molar-refractivity contribution >= 4 is 12.0 Å². The maximum absolute atomic E-state index is 11.6. The fourth-order valence-electron chi connectivity index (χ4n) is 1.50. The molecular formula is C15H14O3. The maximum Gasteiger partial charge on any atom is 0.336 e. The van der Waals surface area contributed by atoms with E-state index >= 15 is 0 Å². The summed E-state index contributed by atoms with van der Waals surface area (Å²) in [7, 11) is 0. The van der Waals surface area contributed by atoms with E-state index in [9.17, 15) is 4.79 Å². The van der Waals surface area contributed by atoms with Crippen molar-refractivity contribution in [2.45, 2.75) is 13.8 Å². The van der Waals surface area contributed by atoms with Crippen LogP contribution >= 0.6 is 0 Å². The lowest BCUT2D eigenvalue weighted by Crippen LogP contribution is -2.04. The summed E-state index contributed by atoms with van der Waals surface area (Å²) in [4.78, 5) is 11.6. The number of furan rings is 1. The highest BCUT2D eigenvalue weighted by molar-refractivity contribution is 5.88. The minimum absolute atomic E-state index is 0.417. The molecule has 0 saturated carbocycles. The Balaban J connectivity index is 2.05. The lowest BCUT2D eigenvalue weighted by atomic mass is 10.1. The number of aryl methyl sites for hydroxylation is 2. The second kappa shape index (κ2) is 5.36. The van der Waals surface area contributed by atoms with Gasteiger partial charge in [0, 0.05) is 6.08 Å². The van der Waals surface area contributed by atoms with Gasteiger partial charge in [0.05, 0.1) is 6.26 Å². The molecule has 0 spiro atoms. The van der Waals surface area contributed by atoms with Crippen LogP contribution in [0.5, 0.6) is 5.75 Å². The summed E-state index contributed by atoms with van der Waals surface area (Å²) in [5.74, 6) is 0.789. The predicted molar refractivity (Wildman–Crippen MR) is 69.3 cm³/mol. The summed E-state index contributed by atoms with van der Waals surface area (Å²) in [5.41, 5.74) is 1.98. The van der Waals surface area contributed by atoms with Crippen LogP contribution in [0.4, 0.5) is 0 Å². The van der Waals surface area contributed by atoms with Crippen LogP contribution < -0.4 is 4.74 Å². The van der Waals surface area contributed by atoms with Crippen molar-refractivity contribution < 1.29 is 13.9 Å². The molecule has 1 aromatic heterocycles. The van der Waals surface area contributed by atoms with Gasteiger partial charge < -0.3 is 9.15 Å². The lowest BCUT2D eigenvalue weighted by Gasteiger charge is -2.05. The van der Waals surface area contributed by atoms with E-state index in [0.717, 1.165) is 11.1 Å². The zero-order chi connectivity index (χ0) is 13.0. The number of ether oxygens (including phenoxy) is 1. The molecule has 0 amide bonds. The first kappa shape index (κ1) is 12.2. The molecule has 0 radical (unpaired) electrons. The highest BCUT2D eigenvalue weighted by Gasteiger charge is 2.04. The van der Waals surface area contributed by atoms with Crippen LogP contribution in [0.2, 0.25) is 0 Å². The zero-order valence-corrected chi connectivity index (χ0v) is 10.3. The molecule has 0 unspecified atom stereocenters. The molecule has 0 N–H and O–H groups in total. The summed E-state index contributed by atoms with van der Waals surface area (Å²) in [6.45, 7) is 3.85. The average molecular weight is 242 g/mol. The first-order valence-corrected chi connectivity index (χ1v) is 5.66. The van der Waals surface area contributed by atoms with Crippen molar-refractivity contribution in [2.75, 3.05) is 0 Å². The van der Waals surface area contributed by atoms with Gasteiger partial charge in [-0.2, -0.15) is 0 Å². The molecule has 3 heteroatoms. The van der Waals surface area contributed by atoms with Gasteiger partial charge in [0.15, 0.2) is 0 Å². The number of rotatable bonds is 3. The Morgan fingerprint density at radius 1 is 1.28 bits per heavy atom. The van der Waals surface area contributed by atoms with Gasteiger partial charge in [0.2, 0.25) is 0 Å². The molecule has 3 nitrogen and oxygen atoms in total. The van der Waals surface area contributed by atoms with Gasteiger partial charge >= 0.3 is 5.97 Å². The summed E-state index contributed by atoms with van der Waals surface area (Å²) >= 11 is 0. The molecule has 2 aromatic rings. The molecule has 0 bridgehead atoms. The van der Waals surface area contributed by atoms with Crippen LogP contribution in [0.15, 0.2) is 47.1 Å². The number of hydrogen-bond donors (Lipinski definition) is 0. The second-order valence-electron chi connectivity index (χ2n) is 4.04. The molecule has 0 aliphatic heterocycles. The van der Waals surface area contributed by atoms with Gasteiger partial charge in [-0.3, -0.25) is 0 Å². The predicted octanol–water partition coefficient (Wildman–Crippen LogP) is 3.52. The molecule has 1 aromatic carbocycles. The minimum Gasteiger partial charge on any atom is -0.465 e. The Bertz CT molecular complexity index is 565. The van der Waals surface area contributed by atoms with E-state index in [4.69, 9.17) is 9.15 Å². The third-order valence-corrected chi connectivity index (χ3v) is 2.48. The normalized spacial score (nSPS) is 10.8. The molecule has 0 aliphatic rings. The van der Waals surface area contributed by atoms with Crippen molar-refractivity contribution in [2.24, 2.45) is 0 Å². The average Bonchev–Trinajstić information content (AvgIpc) is 2.84. The third-order valence-electron chi connectivity index (χ3n) is 2.48. The molecule has 0 aliphatic carbocycles. The molecule has 0 atom stereocenters. The fourth-order valence-corrected chi connectivity index (χ4v) is 1.50. The van der Waals surface area contributed by atoms with E-state index in [2.05, 4.69) is 0 Å². The van der Waals surface area contributed by atoms with Gasteiger partial charge in [0.25, 0.3) is 0 Å². The van der Waals surface area contributed by atoms with E-state index in [1.165, 1.54) is 6.08 Å². The van der Waals surface area contributed by atoms with Gasteiger partial charge in [-0.15, -0.1) is 0 Å². The summed E-state index contributed by atoms with van der Waals surface area (Å²) in [6.07, 6.45) is 4.48. The second-order valence-corrected chi connectivity index (χ2v) is 4.04. The smallest absolute Gasteiger partial charge is 0.336 e. The van der Waals surface area contributed by atoms with Crippen LogP contribution in [0.25, 0.3) is 6.08 Å². The van der Waals surface area contributed by atoms with E-state index in [1.807, 2.05) is 32.0 Å². The van der Waals surface area contributed by atoms with Crippen LogP contribution in [-0.2, 0) is 4.79 Å². The molecule has 18 heavy (non-hydrogen) atoms. The van der Waals surface area contributed by atoms with Crippen LogP contribution in [-0.4, -0.2) is 5.97 Å². The maximum atomic E-state index is 11.6. The highest BCUT2D eigenvalue weighted by Crippen LogP contribution is 2.19. The van der Waals surface area contributed by atoms with Crippen molar-refractivity contribution in [3.8, 4) is 5.75 Å². The van der Waals surface area contributed by atoms with Crippen molar-refractivity contribution in [3.05, 3.63) is 59.6 Å². The molecular weight excluding hydrogens is 228 g/mol. The van der Waals surface area contributed by atoms with Gasteiger partial charge in [-0.05, 0) is 49.2 Å². The number of carbonyl (C=O) groups excluding carboxylic acids is 1. The Hall–Kier alpha value is -2.29. The minimum atomic E-state index is -0.417. The van der Waals surface area contributed by atoms with Gasteiger partial charge in [-0.1, -0.05) is 12.1 Å². The molecule has 2 rings (SSSR count). The number of benzene rings is 1. The Morgan fingerprint density at radius 3 is 2.83 bits per heavy atom. The Morgan fingerprint density at radius 2 is 2.11 bits per heavy atom. The van der Waals surface area contributed by atoms with Gasteiger partial charge in [-0.25, -0.2) is 4.79 Å². The van der Waals surface area contributed by atoms with Crippen molar-refractivity contribution in [1.29, 1.82) is 0 Å². The SMILES string of the molecule is Cc1ccc(C)c(OC(=O)/C=C/c2ccco2)c1. The number of esters is 1. The van der Waals surface area contributed by atoms with Crippen LogP contribution in [0.1, 0.15) is 16.9 Å².